The third kappa shape index (κ3) is 3.80. The van der Waals surface area contributed by atoms with Crippen LogP contribution in [0.3, 0.4) is 0 Å². The standard InChI is InChI=1S/C19H29N3O3S/c1-14-11-16(6-7-18(14)21-19(23)13-26(3,24)25)22(10-4-5-15(22)2)17-8-9-20-12-17/h6-7,11,15,17,20H,4-5,8-10,12-13H2,1-3H3/p+1. The summed E-state index contributed by atoms with van der Waals surface area (Å²) in [5.74, 6) is -0.972. The molecule has 2 aliphatic heterocycles. The lowest BCUT2D eigenvalue weighted by atomic mass is 10.0. The van der Waals surface area contributed by atoms with Gasteiger partial charge in [-0.3, -0.25) is 9.28 Å². The van der Waals surface area contributed by atoms with Crippen molar-refractivity contribution in [3.63, 3.8) is 0 Å². The highest BCUT2D eigenvalue weighted by Gasteiger charge is 2.48. The van der Waals surface area contributed by atoms with Gasteiger partial charge < -0.3 is 10.6 Å². The Kier molecular flexibility index (Phi) is 5.42. The van der Waals surface area contributed by atoms with Crippen LogP contribution in [0.2, 0.25) is 0 Å². The highest BCUT2D eigenvalue weighted by molar-refractivity contribution is 7.91. The molecular formula is C19H30N3O3S+. The molecule has 2 fully saturated rings. The summed E-state index contributed by atoms with van der Waals surface area (Å²) in [4.78, 5) is 11.9. The minimum absolute atomic E-state index is 0.484. The topological polar surface area (TPSA) is 75.3 Å². The minimum atomic E-state index is -3.33. The van der Waals surface area contributed by atoms with Gasteiger partial charge in [0.25, 0.3) is 0 Å². The molecule has 26 heavy (non-hydrogen) atoms. The molecule has 0 bridgehead atoms. The molecule has 2 heterocycles. The predicted octanol–water partition coefficient (Wildman–Crippen LogP) is 1.83. The zero-order chi connectivity index (χ0) is 18.9. The maximum atomic E-state index is 11.9. The summed E-state index contributed by atoms with van der Waals surface area (Å²) in [5, 5.41) is 6.25. The Bertz CT molecular complexity index is 787. The lowest BCUT2D eigenvalue weighted by molar-refractivity contribution is -0.113. The number of hydrogen-bond acceptors (Lipinski definition) is 4. The molecule has 0 aromatic heterocycles. The number of nitrogens with one attached hydrogen (secondary N) is 2. The first-order valence-electron chi connectivity index (χ1n) is 9.39. The van der Waals surface area contributed by atoms with Gasteiger partial charge in [-0.05, 0) is 25.5 Å². The molecule has 0 aliphatic carbocycles. The Morgan fingerprint density at radius 1 is 1.35 bits per heavy atom. The van der Waals surface area contributed by atoms with E-state index >= 15 is 0 Å². The van der Waals surface area contributed by atoms with Gasteiger partial charge in [0.05, 0.1) is 12.6 Å². The average molecular weight is 381 g/mol. The van der Waals surface area contributed by atoms with Crippen LogP contribution in [-0.2, 0) is 14.6 Å². The number of nitrogens with zero attached hydrogens (tertiary/aromatic N) is 1. The van der Waals surface area contributed by atoms with E-state index in [0.717, 1.165) is 35.9 Å². The molecule has 144 valence electrons. The van der Waals surface area contributed by atoms with E-state index in [2.05, 4.69) is 29.7 Å². The Balaban J connectivity index is 1.87. The highest BCUT2D eigenvalue weighted by atomic mass is 32.2. The number of anilines is 1. The smallest absolute Gasteiger partial charge is 0.239 e. The number of benzene rings is 1. The predicted molar refractivity (Wildman–Crippen MR) is 106 cm³/mol. The number of sulfone groups is 1. The second-order valence-corrected chi connectivity index (χ2v) is 10.0. The van der Waals surface area contributed by atoms with Gasteiger partial charge in [0.2, 0.25) is 5.91 Å². The van der Waals surface area contributed by atoms with Crippen LogP contribution in [0.4, 0.5) is 11.4 Å². The van der Waals surface area contributed by atoms with Crippen molar-refractivity contribution in [2.45, 2.75) is 45.2 Å². The fraction of sp³-hybridized carbons (Fsp3) is 0.632. The Morgan fingerprint density at radius 3 is 2.65 bits per heavy atom. The number of hydrogen-bond donors (Lipinski definition) is 2. The van der Waals surface area contributed by atoms with Crippen molar-refractivity contribution < 1.29 is 13.2 Å². The summed E-state index contributed by atoms with van der Waals surface area (Å²) in [7, 11) is -3.33. The molecule has 1 aromatic rings. The van der Waals surface area contributed by atoms with Crippen LogP contribution in [0.15, 0.2) is 18.2 Å². The van der Waals surface area contributed by atoms with E-state index in [-0.39, 0.29) is 0 Å². The first-order chi connectivity index (χ1) is 12.2. The molecule has 1 aromatic carbocycles. The van der Waals surface area contributed by atoms with Crippen LogP contribution >= 0.6 is 0 Å². The number of amides is 1. The van der Waals surface area contributed by atoms with Gasteiger partial charge in [-0.2, -0.15) is 0 Å². The first kappa shape index (κ1) is 19.3. The van der Waals surface area contributed by atoms with Crippen molar-refractivity contribution in [2.24, 2.45) is 0 Å². The van der Waals surface area contributed by atoms with E-state index < -0.39 is 21.5 Å². The number of carbonyl (C=O) groups excluding carboxylic acids is 1. The fourth-order valence-corrected chi connectivity index (χ4v) is 5.29. The van der Waals surface area contributed by atoms with Crippen molar-refractivity contribution in [1.82, 2.24) is 9.80 Å². The van der Waals surface area contributed by atoms with E-state index in [1.165, 1.54) is 24.9 Å². The van der Waals surface area contributed by atoms with Crippen LogP contribution in [0.1, 0.15) is 31.7 Å². The van der Waals surface area contributed by atoms with Gasteiger partial charge in [0, 0.05) is 56.4 Å². The lowest BCUT2D eigenvalue weighted by Gasteiger charge is -2.43. The van der Waals surface area contributed by atoms with Crippen LogP contribution in [0, 0.1) is 6.92 Å². The van der Waals surface area contributed by atoms with Crippen molar-refractivity contribution in [3.05, 3.63) is 23.8 Å². The van der Waals surface area contributed by atoms with Crippen LogP contribution < -0.4 is 15.1 Å². The Morgan fingerprint density at radius 2 is 2.12 bits per heavy atom. The zero-order valence-electron chi connectivity index (χ0n) is 15.9. The Hall–Kier alpha value is -1.44. The molecule has 2 N–H and O–H groups in total. The monoisotopic (exact) mass is 380 g/mol. The van der Waals surface area contributed by atoms with Crippen molar-refractivity contribution in [2.75, 3.05) is 37.0 Å². The van der Waals surface area contributed by atoms with Crippen molar-refractivity contribution in [1.29, 1.82) is 0 Å². The minimum Gasteiger partial charge on any atom is -0.325 e. The molecule has 0 spiro atoms. The van der Waals surface area contributed by atoms with E-state index in [1.807, 2.05) is 13.0 Å². The fourth-order valence-electron chi connectivity index (χ4n) is 4.74. The quantitative estimate of drug-likeness (QED) is 0.764. The third-order valence-corrected chi connectivity index (χ3v) is 6.77. The molecule has 3 rings (SSSR count). The van der Waals surface area contributed by atoms with Gasteiger partial charge in [0.15, 0.2) is 9.84 Å². The molecule has 1 amide bonds. The van der Waals surface area contributed by atoms with Crippen molar-refractivity contribution in [3.8, 4) is 0 Å². The molecular weight excluding hydrogens is 350 g/mol. The van der Waals surface area contributed by atoms with Gasteiger partial charge in [-0.25, -0.2) is 8.42 Å². The SMILES string of the molecule is Cc1cc([N+]2(C3CCNC3)CCCC2C)ccc1NC(=O)CS(C)(=O)=O. The summed E-state index contributed by atoms with van der Waals surface area (Å²) in [6.45, 7) is 7.62. The second-order valence-electron chi connectivity index (χ2n) is 7.91. The van der Waals surface area contributed by atoms with Crippen LogP contribution in [-0.4, -0.2) is 58.1 Å². The largest absolute Gasteiger partial charge is 0.325 e. The second kappa shape index (κ2) is 7.29. The summed E-state index contributed by atoms with van der Waals surface area (Å²) in [6, 6.07) is 7.40. The molecule has 2 aliphatic rings. The van der Waals surface area contributed by atoms with E-state index in [9.17, 15) is 13.2 Å². The zero-order valence-corrected chi connectivity index (χ0v) is 16.7. The van der Waals surface area contributed by atoms with E-state index in [4.69, 9.17) is 0 Å². The van der Waals surface area contributed by atoms with E-state index in [0.29, 0.717) is 17.8 Å². The van der Waals surface area contributed by atoms with Crippen molar-refractivity contribution >= 4 is 27.1 Å². The van der Waals surface area contributed by atoms with Gasteiger partial charge in [0.1, 0.15) is 17.5 Å². The molecule has 2 saturated heterocycles. The van der Waals surface area contributed by atoms with E-state index in [1.54, 1.807) is 0 Å². The normalized spacial score (nSPS) is 29.0. The number of rotatable bonds is 5. The summed E-state index contributed by atoms with van der Waals surface area (Å²) >= 11 is 0. The average Bonchev–Trinajstić information content (AvgIpc) is 3.17. The molecule has 0 radical (unpaired) electrons. The molecule has 3 unspecified atom stereocenters. The first-order valence-corrected chi connectivity index (χ1v) is 11.5. The number of carbonyl (C=O) groups is 1. The van der Waals surface area contributed by atoms with Gasteiger partial charge in [-0.1, -0.05) is 0 Å². The molecule has 0 saturated carbocycles. The summed E-state index contributed by atoms with van der Waals surface area (Å²) in [5.41, 5.74) is 2.98. The molecule has 6 nitrogen and oxygen atoms in total. The maximum absolute atomic E-state index is 11.9. The number of quaternary nitrogens is 1. The van der Waals surface area contributed by atoms with Crippen LogP contribution in [0.5, 0.6) is 0 Å². The number of aryl methyl sites for hydroxylation is 1. The van der Waals surface area contributed by atoms with Crippen LogP contribution in [0.25, 0.3) is 0 Å². The highest BCUT2D eigenvalue weighted by Crippen LogP contribution is 2.40. The molecule has 7 heteroatoms. The number of likely N-dealkylation sites (tertiary alicyclic amines) is 1. The Labute approximate surface area is 156 Å². The third-order valence-electron chi connectivity index (χ3n) is 5.98. The van der Waals surface area contributed by atoms with Gasteiger partial charge in [-0.15, -0.1) is 0 Å². The summed E-state index contributed by atoms with van der Waals surface area (Å²) < 4.78 is 23.6. The lowest BCUT2D eigenvalue weighted by Crippen LogP contribution is -2.59. The molecule has 3 atom stereocenters. The van der Waals surface area contributed by atoms with Gasteiger partial charge >= 0.3 is 0 Å². The summed E-state index contributed by atoms with van der Waals surface area (Å²) in [6.07, 6.45) is 4.74. The maximum Gasteiger partial charge on any atom is 0.239 e.